The Labute approximate surface area is 100 Å². The van der Waals surface area contributed by atoms with Crippen molar-refractivity contribution in [3.05, 3.63) is 36.3 Å². The van der Waals surface area contributed by atoms with Crippen LogP contribution in [0.2, 0.25) is 0 Å². The molecule has 0 atom stereocenters. The number of nitrogens with one attached hydrogen (secondary N) is 1. The average Bonchev–Trinajstić information content (AvgIpc) is 2.73. The second-order valence-electron chi connectivity index (χ2n) is 4.86. The summed E-state index contributed by atoms with van der Waals surface area (Å²) in [5.41, 5.74) is 1.14. The van der Waals surface area contributed by atoms with E-state index in [4.69, 9.17) is 0 Å². The Hall–Kier alpha value is -1.35. The van der Waals surface area contributed by atoms with E-state index in [1.165, 1.54) is 12.8 Å². The number of halogens is 1. The van der Waals surface area contributed by atoms with Crippen LogP contribution in [-0.2, 0) is 6.54 Å². The number of rotatable bonds is 2. The van der Waals surface area contributed by atoms with Gasteiger partial charge in [0.15, 0.2) is 0 Å². The molecule has 0 saturated carbocycles. The van der Waals surface area contributed by atoms with Crippen molar-refractivity contribution >= 4 is 10.9 Å². The van der Waals surface area contributed by atoms with Gasteiger partial charge in [-0.05, 0) is 56.1 Å². The summed E-state index contributed by atoms with van der Waals surface area (Å²) in [6.45, 7) is 3.30. The van der Waals surface area contributed by atoms with E-state index in [9.17, 15) is 4.39 Å². The third kappa shape index (κ3) is 2.20. The molecule has 0 unspecified atom stereocenters. The van der Waals surface area contributed by atoms with E-state index in [0.717, 1.165) is 36.5 Å². The van der Waals surface area contributed by atoms with Gasteiger partial charge in [-0.25, -0.2) is 4.39 Å². The number of hydrogen-bond acceptors (Lipinski definition) is 1. The van der Waals surface area contributed by atoms with Crippen molar-refractivity contribution in [3.63, 3.8) is 0 Å². The Kier molecular flexibility index (Phi) is 2.85. The number of hydrogen-bond donors (Lipinski definition) is 1. The third-order valence-corrected chi connectivity index (χ3v) is 3.65. The lowest BCUT2D eigenvalue weighted by Gasteiger charge is -2.23. The first-order valence-electron chi connectivity index (χ1n) is 6.28. The fourth-order valence-electron chi connectivity index (χ4n) is 2.67. The van der Waals surface area contributed by atoms with Crippen LogP contribution in [0.4, 0.5) is 4.39 Å². The summed E-state index contributed by atoms with van der Waals surface area (Å²) < 4.78 is 15.3. The summed E-state index contributed by atoms with van der Waals surface area (Å²) in [6.07, 6.45) is 4.55. The maximum atomic E-state index is 13.1. The molecule has 0 aliphatic carbocycles. The molecule has 17 heavy (non-hydrogen) atoms. The first kappa shape index (κ1) is 10.8. The van der Waals surface area contributed by atoms with Crippen LogP contribution in [0, 0.1) is 11.7 Å². The van der Waals surface area contributed by atoms with E-state index >= 15 is 0 Å². The summed E-state index contributed by atoms with van der Waals surface area (Å²) >= 11 is 0. The van der Waals surface area contributed by atoms with Crippen molar-refractivity contribution in [2.24, 2.45) is 5.92 Å². The summed E-state index contributed by atoms with van der Waals surface area (Å²) in [5.74, 6) is 0.592. The molecule has 0 bridgehead atoms. The van der Waals surface area contributed by atoms with Gasteiger partial charge in [0.25, 0.3) is 0 Å². The van der Waals surface area contributed by atoms with Gasteiger partial charge in [-0.1, -0.05) is 0 Å². The maximum Gasteiger partial charge on any atom is 0.123 e. The molecule has 1 saturated heterocycles. The molecule has 1 aliphatic heterocycles. The van der Waals surface area contributed by atoms with Crippen molar-refractivity contribution in [3.8, 4) is 0 Å². The largest absolute Gasteiger partial charge is 0.347 e. The van der Waals surface area contributed by atoms with Gasteiger partial charge in [0, 0.05) is 23.6 Å². The third-order valence-electron chi connectivity index (χ3n) is 3.65. The second kappa shape index (κ2) is 4.49. The molecule has 2 nitrogen and oxygen atoms in total. The zero-order valence-electron chi connectivity index (χ0n) is 9.82. The summed E-state index contributed by atoms with van der Waals surface area (Å²) in [7, 11) is 0. The molecule has 0 spiro atoms. The van der Waals surface area contributed by atoms with Gasteiger partial charge in [0.1, 0.15) is 5.82 Å². The van der Waals surface area contributed by atoms with Crippen LogP contribution in [0.3, 0.4) is 0 Å². The number of aromatic nitrogens is 1. The lowest BCUT2D eigenvalue weighted by atomic mass is 9.98. The van der Waals surface area contributed by atoms with Crippen LogP contribution in [0.1, 0.15) is 12.8 Å². The number of benzene rings is 1. The highest BCUT2D eigenvalue weighted by Crippen LogP contribution is 2.21. The Morgan fingerprint density at radius 2 is 2.06 bits per heavy atom. The van der Waals surface area contributed by atoms with E-state index in [2.05, 4.69) is 16.1 Å². The van der Waals surface area contributed by atoms with E-state index in [0.29, 0.717) is 0 Å². The fraction of sp³-hybridized carbons (Fsp3) is 0.429. The highest BCUT2D eigenvalue weighted by Gasteiger charge is 2.14. The van der Waals surface area contributed by atoms with E-state index in [1.807, 2.05) is 12.1 Å². The van der Waals surface area contributed by atoms with Crippen LogP contribution < -0.4 is 5.32 Å². The van der Waals surface area contributed by atoms with Crippen molar-refractivity contribution in [2.75, 3.05) is 13.1 Å². The smallest absolute Gasteiger partial charge is 0.123 e. The molecular formula is C14H17FN2. The van der Waals surface area contributed by atoms with Gasteiger partial charge in [-0.2, -0.15) is 0 Å². The Morgan fingerprint density at radius 3 is 2.88 bits per heavy atom. The SMILES string of the molecule is Fc1ccc2c(ccn2CC2CCNCC2)c1. The highest BCUT2D eigenvalue weighted by molar-refractivity contribution is 5.80. The molecule has 2 heterocycles. The highest BCUT2D eigenvalue weighted by atomic mass is 19.1. The fourth-order valence-corrected chi connectivity index (χ4v) is 2.67. The molecule has 1 aromatic heterocycles. The lowest BCUT2D eigenvalue weighted by molar-refractivity contribution is 0.337. The van der Waals surface area contributed by atoms with Gasteiger partial charge in [0.05, 0.1) is 0 Å². The van der Waals surface area contributed by atoms with Gasteiger partial charge < -0.3 is 9.88 Å². The molecule has 1 aromatic carbocycles. The first-order chi connectivity index (χ1) is 8.33. The summed E-state index contributed by atoms with van der Waals surface area (Å²) in [4.78, 5) is 0. The minimum Gasteiger partial charge on any atom is -0.347 e. The zero-order chi connectivity index (χ0) is 11.7. The van der Waals surface area contributed by atoms with Crippen LogP contribution in [-0.4, -0.2) is 17.7 Å². The zero-order valence-corrected chi connectivity index (χ0v) is 9.82. The molecule has 1 fully saturated rings. The Morgan fingerprint density at radius 1 is 1.24 bits per heavy atom. The van der Waals surface area contributed by atoms with E-state index in [-0.39, 0.29) is 5.82 Å². The molecule has 0 amide bonds. The van der Waals surface area contributed by atoms with Gasteiger partial charge in [0.2, 0.25) is 0 Å². The van der Waals surface area contributed by atoms with Crippen LogP contribution in [0.15, 0.2) is 30.5 Å². The lowest BCUT2D eigenvalue weighted by Crippen LogP contribution is -2.29. The van der Waals surface area contributed by atoms with Crippen molar-refractivity contribution in [2.45, 2.75) is 19.4 Å². The predicted octanol–water partition coefficient (Wildman–Crippen LogP) is 2.78. The normalized spacial score (nSPS) is 17.7. The van der Waals surface area contributed by atoms with E-state index < -0.39 is 0 Å². The summed E-state index contributed by atoms with van der Waals surface area (Å²) in [6, 6.07) is 7.03. The Bertz CT molecular complexity index is 512. The molecule has 3 rings (SSSR count). The van der Waals surface area contributed by atoms with Gasteiger partial charge in [-0.3, -0.25) is 0 Å². The number of piperidine rings is 1. The molecule has 3 heteroatoms. The topological polar surface area (TPSA) is 17.0 Å². The molecule has 1 aliphatic rings. The van der Waals surface area contributed by atoms with Crippen LogP contribution in [0.25, 0.3) is 10.9 Å². The van der Waals surface area contributed by atoms with Crippen molar-refractivity contribution in [1.29, 1.82) is 0 Å². The summed E-state index contributed by atoms with van der Waals surface area (Å²) in [5, 5.41) is 4.38. The molecule has 1 N–H and O–H groups in total. The van der Waals surface area contributed by atoms with E-state index in [1.54, 1.807) is 12.1 Å². The maximum absolute atomic E-state index is 13.1. The van der Waals surface area contributed by atoms with Gasteiger partial charge >= 0.3 is 0 Å². The van der Waals surface area contributed by atoms with Crippen molar-refractivity contribution < 1.29 is 4.39 Å². The molecular weight excluding hydrogens is 215 g/mol. The first-order valence-corrected chi connectivity index (χ1v) is 6.28. The quantitative estimate of drug-likeness (QED) is 0.842. The minimum atomic E-state index is -0.155. The average molecular weight is 232 g/mol. The molecule has 90 valence electrons. The number of fused-ring (bicyclic) bond motifs is 1. The molecule has 0 radical (unpaired) electrons. The van der Waals surface area contributed by atoms with Crippen LogP contribution in [0.5, 0.6) is 0 Å². The predicted molar refractivity (Wildman–Crippen MR) is 67.5 cm³/mol. The standard InChI is InChI=1S/C14H17FN2/c15-13-1-2-14-12(9-13)5-8-17(14)10-11-3-6-16-7-4-11/h1-2,5,8-9,11,16H,3-4,6-7,10H2. The van der Waals surface area contributed by atoms with Gasteiger partial charge in [-0.15, -0.1) is 0 Å². The Balaban J connectivity index is 1.84. The number of nitrogens with zero attached hydrogens (tertiary/aromatic N) is 1. The second-order valence-corrected chi connectivity index (χ2v) is 4.86. The monoisotopic (exact) mass is 232 g/mol. The van der Waals surface area contributed by atoms with Crippen LogP contribution >= 0.6 is 0 Å². The minimum absolute atomic E-state index is 0.155. The molecule has 2 aromatic rings. The van der Waals surface area contributed by atoms with Crippen molar-refractivity contribution in [1.82, 2.24) is 9.88 Å².